The minimum absolute atomic E-state index is 0.278. The molecule has 0 aliphatic heterocycles. The van der Waals surface area contributed by atoms with Crippen molar-refractivity contribution >= 4 is 5.69 Å². The van der Waals surface area contributed by atoms with Gasteiger partial charge < -0.3 is 14.2 Å². The van der Waals surface area contributed by atoms with Gasteiger partial charge in [0.1, 0.15) is 5.69 Å². The van der Waals surface area contributed by atoms with Gasteiger partial charge in [0.2, 0.25) is 5.75 Å². The van der Waals surface area contributed by atoms with Crippen LogP contribution in [0.5, 0.6) is 17.2 Å². The predicted molar refractivity (Wildman–Crippen MR) is 48.9 cm³/mol. The van der Waals surface area contributed by atoms with E-state index in [-0.39, 0.29) is 5.69 Å². The van der Waals surface area contributed by atoms with Crippen molar-refractivity contribution < 1.29 is 14.2 Å². The van der Waals surface area contributed by atoms with E-state index in [1.807, 2.05) is 0 Å². The van der Waals surface area contributed by atoms with Crippen LogP contribution in [-0.2, 0) is 0 Å². The third-order valence-corrected chi connectivity index (χ3v) is 1.70. The number of nitrogens with one attached hydrogen (secondary N) is 1. The summed E-state index contributed by atoms with van der Waals surface area (Å²) < 4.78 is 15.1. The number of rotatable bonds is 3. The summed E-state index contributed by atoms with van der Waals surface area (Å²) in [5.41, 5.74) is 7.80. The average molecular weight is 182 g/mol. The molecular formula is C9H12NO3. The summed E-state index contributed by atoms with van der Waals surface area (Å²) in [6.07, 6.45) is 0. The second-order valence-electron chi connectivity index (χ2n) is 2.38. The zero-order valence-electron chi connectivity index (χ0n) is 7.88. The zero-order chi connectivity index (χ0) is 9.84. The molecule has 13 heavy (non-hydrogen) atoms. The average Bonchev–Trinajstić information content (AvgIpc) is 2.17. The van der Waals surface area contributed by atoms with Crippen LogP contribution in [0.25, 0.3) is 0 Å². The molecule has 1 rings (SSSR count). The van der Waals surface area contributed by atoms with Crippen molar-refractivity contribution in [3.63, 3.8) is 0 Å². The SMILES string of the molecule is COc1ccc([NH])c(OC)c1OC. The lowest BCUT2D eigenvalue weighted by Gasteiger charge is -2.12. The van der Waals surface area contributed by atoms with Crippen LogP contribution in [0.15, 0.2) is 12.1 Å². The van der Waals surface area contributed by atoms with Crippen molar-refractivity contribution in [2.24, 2.45) is 0 Å². The van der Waals surface area contributed by atoms with Crippen LogP contribution < -0.4 is 19.9 Å². The molecule has 0 saturated carbocycles. The fourth-order valence-corrected chi connectivity index (χ4v) is 1.10. The van der Waals surface area contributed by atoms with E-state index >= 15 is 0 Å². The maximum atomic E-state index is 7.53. The molecule has 1 N–H and O–H groups in total. The molecule has 0 spiro atoms. The van der Waals surface area contributed by atoms with Gasteiger partial charge in [-0.3, -0.25) is 5.73 Å². The normalized spacial score (nSPS) is 9.46. The summed E-state index contributed by atoms with van der Waals surface area (Å²) >= 11 is 0. The van der Waals surface area contributed by atoms with E-state index in [2.05, 4.69) is 0 Å². The lowest BCUT2D eigenvalue weighted by molar-refractivity contribution is 0.325. The Morgan fingerprint density at radius 1 is 0.923 bits per heavy atom. The van der Waals surface area contributed by atoms with E-state index < -0.39 is 0 Å². The predicted octanol–water partition coefficient (Wildman–Crippen LogP) is 1.63. The summed E-state index contributed by atoms with van der Waals surface area (Å²) in [6, 6.07) is 3.27. The van der Waals surface area contributed by atoms with Crippen molar-refractivity contribution in [3.8, 4) is 17.2 Å². The molecule has 0 aliphatic rings. The maximum absolute atomic E-state index is 7.53. The molecule has 4 nitrogen and oxygen atoms in total. The fourth-order valence-electron chi connectivity index (χ4n) is 1.10. The van der Waals surface area contributed by atoms with E-state index in [4.69, 9.17) is 19.9 Å². The standard InChI is InChI=1S/C9H12NO3/c1-11-7-5-4-6(10)8(12-2)9(7)13-3/h4-5,10H,1-3H3. The molecule has 0 bridgehead atoms. The van der Waals surface area contributed by atoms with Gasteiger partial charge in [-0.05, 0) is 12.1 Å². The highest BCUT2D eigenvalue weighted by molar-refractivity contribution is 5.63. The first-order valence-electron chi connectivity index (χ1n) is 3.75. The third kappa shape index (κ3) is 1.61. The second-order valence-corrected chi connectivity index (χ2v) is 2.38. The van der Waals surface area contributed by atoms with Crippen molar-refractivity contribution in [1.82, 2.24) is 5.73 Å². The van der Waals surface area contributed by atoms with Crippen molar-refractivity contribution in [1.29, 1.82) is 0 Å². The van der Waals surface area contributed by atoms with Gasteiger partial charge in [0.05, 0.1) is 21.3 Å². The summed E-state index contributed by atoms with van der Waals surface area (Å²) in [7, 11) is 4.55. The van der Waals surface area contributed by atoms with Crippen LogP contribution in [0.3, 0.4) is 0 Å². The Labute approximate surface area is 77.2 Å². The number of hydrogen-bond donors (Lipinski definition) is 0. The first kappa shape index (κ1) is 9.51. The molecule has 0 aromatic heterocycles. The van der Waals surface area contributed by atoms with E-state index in [1.54, 1.807) is 19.2 Å². The van der Waals surface area contributed by atoms with Crippen LogP contribution in [0.2, 0.25) is 0 Å². The van der Waals surface area contributed by atoms with Gasteiger partial charge >= 0.3 is 0 Å². The highest BCUT2D eigenvalue weighted by Gasteiger charge is 2.13. The molecule has 0 amide bonds. The topological polar surface area (TPSA) is 51.5 Å². The smallest absolute Gasteiger partial charge is 0.205 e. The van der Waals surface area contributed by atoms with E-state index in [1.165, 1.54) is 14.2 Å². The number of benzene rings is 1. The van der Waals surface area contributed by atoms with Gasteiger partial charge in [0.15, 0.2) is 11.5 Å². The summed E-state index contributed by atoms with van der Waals surface area (Å²) in [5.74, 6) is 1.41. The molecular weight excluding hydrogens is 170 g/mol. The highest BCUT2D eigenvalue weighted by Crippen LogP contribution is 2.41. The second kappa shape index (κ2) is 3.89. The van der Waals surface area contributed by atoms with Crippen LogP contribution in [0.1, 0.15) is 0 Å². The summed E-state index contributed by atoms with van der Waals surface area (Å²) in [5, 5.41) is 0. The summed E-state index contributed by atoms with van der Waals surface area (Å²) in [4.78, 5) is 0. The van der Waals surface area contributed by atoms with Gasteiger partial charge in [-0.2, -0.15) is 0 Å². The largest absolute Gasteiger partial charge is 0.493 e. The van der Waals surface area contributed by atoms with E-state index in [0.29, 0.717) is 17.2 Å². The van der Waals surface area contributed by atoms with Crippen LogP contribution in [-0.4, -0.2) is 21.3 Å². The van der Waals surface area contributed by atoms with Crippen LogP contribution in [0, 0.1) is 0 Å². The summed E-state index contributed by atoms with van der Waals surface area (Å²) in [6.45, 7) is 0. The third-order valence-electron chi connectivity index (χ3n) is 1.70. The Hall–Kier alpha value is -1.58. The number of ether oxygens (including phenoxy) is 3. The molecule has 1 aromatic carbocycles. The number of methoxy groups -OCH3 is 3. The van der Waals surface area contributed by atoms with Crippen molar-refractivity contribution in [2.75, 3.05) is 21.3 Å². The lowest BCUT2D eigenvalue weighted by atomic mass is 10.2. The molecule has 1 radical (unpaired) electrons. The molecule has 0 fully saturated rings. The number of hydrogen-bond acceptors (Lipinski definition) is 3. The minimum Gasteiger partial charge on any atom is -0.493 e. The van der Waals surface area contributed by atoms with E-state index in [9.17, 15) is 0 Å². The highest BCUT2D eigenvalue weighted by atomic mass is 16.5. The molecule has 0 heterocycles. The first-order chi connectivity index (χ1) is 6.24. The van der Waals surface area contributed by atoms with Crippen molar-refractivity contribution in [3.05, 3.63) is 12.1 Å². The molecule has 0 saturated heterocycles. The Balaban J connectivity index is 3.27. The quantitative estimate of drug-likeness (QED) is 0.713. The van der Waals surface area contributed by atoms with Crippen LogP contribution in [0.4, 0.5) is 5.69 Å². The monoisotopic (exact) mass is 182 g/mol. The van der Waals surface area contributed by atoms with Crippen molar-refractivity contribution in [2.45, 2.75) is 0 Å². The van der Waals surface area contributed by atoms with E-state index in [0.717, 1.165) is 0 Å². The van der Waals surface area contributed by atoms with Gasteiger partial charge in [0.25, 0.3) is 0 Å². The zero-order valence-corrected chi connectivity index (χ0v) is 7.88. The lowest BCUT2D eigenvalue weighted by Crippen LogP contribution is -1.95. The molecule has 0 atom stereocenters. The van der Waals surface area contributed by atoms with Crippen LogP contribution >= 0.6 is 0 Å². The minimum atomic E-state index is 0.278. The van der Waals surface area contributed by atoms with Gasteiger partial charge in [-0.1, -0.05) is 0 Å². The Morgan fingerprint density at radius 2 is 1.54 bits per heavy atom. The first-order valence-corrected chi connectivity index (χ1v) is 3.75. The Kier molecular flexibility index (Phi) is 2.84. The molecule has 0 aliphatic carbocycles. The molecule has 4 heteroatoms. The Morgan fingerprint density at radius 3 is 2.00 bits per heavy atom. The Bertz CT molecular complexity index is 299. The molecule has 71 valence electrons. The molecule has 1 aromatic rings. The fraction of sp³-hybridized carbons (Fsp3) is 0.333. The molecule has 0 unspecified atom stereocenters. The maximum Gasteiger partial charge on any atom is 0.205 e. The van der Waals surface area contributed by atoms with Gasteiger partial charge in [0, 0.05) is 0 Å². The van der Waals surface area contributed by atoms with Gasteiger partial charge in [-0.25, -0.2) is 0 Å². The van der Waals surface area contributed by atoms with Gasteiger partial charge in [-0.15, -0.1) is 0 Å².